The summed E-state index contributed by atoms with van der Waals surface area (Å²) in [6.45, 7) is 5.41. The molecule has 1 aromatic heterocycles. The van der Waals surface area contributed by atoms with Crippen LogP contribution in [0.25, 0.3) is 11.3 Å². The Hall–Kier alpha value is -3.11. The molecule has 1 saturated heterocycles. The zero-order chi connectivity index (χ0) is 25.8. The number of nitrogens with one attached hydrogen (secondary N) is 1. The fourth-order valence-electron chi connectivity index (χ4n) is 3.88. The van der Waals surface area contributed by atoms with E-state index in [1.165, 1.54) is 0 Å². The van der Waals surface area contributed by atoms with Gasteiger partial charge in [-0.05, 0) is 50.4 Å². The number of anilines is 3. The number of carbonyl (C=O) groups is 1. The van der Waals surface area contributed by atoms with Crippen LogP contribution in [0.2, 0.25) is 10.0 Å². The first-order valence-electron chi connectivity index (χ1n) is 11.5. The van der Waals surface area contributed by atoms with Gasteiger partial charge in [0.25, 0.3) is 5.91 Å². The van der Waals surface area contributed by atoms with Crippen LogP contribution in [0.4, 0.5) is 17.3 Å². The van der Waals surface area contributed by atoms with Crippen LogP contribution in [-0.4, -0.2) is 71.8 Å². The van der Waals surface area contributed by atoms with Crippen LogP contribution in [0, 0.1) is 0 Å². The molecule has 1 unspecified atom stereocenters. The zero-order valence-corrected chi connectivity index (χ0v) is 21.6. The normalized spacial score (nSPS) is 15.0. The molecule has 9 nitrogen and oxygen atoms in total. The highest BCUT2D eigenvalue weighted by Gasteiger charge is 2.25. The van der Waals surface area contributed by atoms with Crippen LogP contribution < -0.4 is 20.7 Å². The van der Waals surface area contributed by atoms with E-state index in [4.69, 9.17) is 33.7 Å². The number of benzene rings is 2. The van der Waals surface area contributed by atoms with Crippen molar-refractivity contribution in [2.75, 3.05) is 50.1 Å². The fraction of sp³-hybridized carbons (Fsp3) is 0.320. The molecule has 0 aliphatic carbocycles. The van der Waals surface area contributed by atoms with E-state index in [2.05, 4.69) is 32.1 Å². The summed E-state index contributed by atoms with van der Waals surface area (Å²) >= 11 is 12.9. The second kappa shape index (κ2) is 11.3. The Morgan fingerprint density at radius 3 is 2.33 bits per heavy atom. The topological polar surface area (TPSA) is 117 Å². The van der Waals surface area contributed by atoms with E-state index in [9.17, 15) is 9.90 Å². The van der Waals surface area contributed by atoms with Crippen LogP contribution >= 0.6 is 23.2 Å². The quantitative estimate of drug-likeness (QED) is 0.402. The van der Waals surface area contributed by atoms with Crippen molar-refractivity contribution in [2.45, 2.75) is 13.0 Å². The summed E-state index contributed by atoms with van der Waals surface area (Å²) in [5, 5.41) is 13.4. The van der Waals surface area contributed by atoms with Crippen molar-refractivity contribution in [1.29, 1.82) is 0 Å². The number of hydrogen-bond donors (Lipinski definition) is 3. The predicted octanol–water partition coefficient (Wildman–Crippen LogP) is 3.80. The van der Waals surface area contributed by atoms with E-state index in [1.807, 2.05) is 24.3 Å². The average molecular weight is 531 g/mol. The molecule has 2 heterocycles. The van der Waals surface area contributed by atoms with Gasteiger partial charge in [0.15, 0.2) is 0 Å². The van der Waals surface area contributed by atoms with Crippen molar-refractivity contribution in [1.82, 2.24) is 14.9 Å². The summed E-state index contributed by atoms with van der Waals surface area (Å²) in [5.41, 5.74) is 7.92. The maximum atomic E-state index is 12.4. The molecular weight excluding hydrogens is 503 g/mol. The largest absolute Gasteiger partial charge is 0.474 e. The Morgan fingerprint density at radius 2 is 1.75 bits per heavy atom. The van der Waals surface area contributed by atoms with Gasteiger partial charge < -0.3 is 30.7 Å². The summed E-state index contributed by atoms with van der Waals surface area (Å²) in [7, 11) is 2.12. The number of halogens is 2. The third kappa shape index (κ3) is 5.99. The van der Waals surface area contributed by atoms with Crippen molar-refractivity contribution >= 4 is 46.4 Å². The molecular formula is C25H28Cl2N6O3. The van der Waals surface area contributed by atoms with E-state index in [0.29, 0.717) is 5.56 Å². The molecule has 3 aromatic rings. The first kappa shape index (κ1) is 26.0. The molecule has 1 amide bonds. The highest BCUT2D eigenvalue weighted by atomic mass is 35.5. The lowest BCUT2D eigenvalue weighted by Crippen LogP contribution is -2.44. The number of rotatable bonds is 8. The third-order valence-electron chi connectivity index (χ3n) is 5.77. The van der Waals surface area contributed by atoms with Gasteiger partial charge in [-0.2, -0.15) is 4.98 Å². The second-order valence-electron chi connectivity index (χ2n) is 8.66. The smallest absolute Gasteiger partial charge is 0.256 e. The van der Waals surface area contributed by atoms with Gasteiger partial charge in [0.2, 0.25) is 11.8 Å². The number of nitrogens with two attached hydrogens (primary N) is 1. The maximum absolute atomic E-state index is 12.4. The molecule has 1 atom stereocenters. The average Bonchev–Trinajstić information content (AvgIpc) is 2.83. The van der Waals surface area contributed by atoms with E-state index < -0.39 is 12.0 Å². The summed E-state index contributed by atoms with van der Waals surface area (Å²) in [5.74, 6) is -0.746. The number of piperazine rings is 1. The molecule has 0 radical (unpaired) electrons. The molecule has 1 fully saturated rings. The molecule has 190 valence electrons. The number of aliphatic hydroxyl groups excluding tert-OH is 1. The molecule has 1 aliphatic rings. The SMILES string of the molecule is CC(O)COc1nc(Nc2ccc(N3CCN(C)CC3)cc2)nc(-c2c(Cl)cccc2Cl)c1C(N)=O. The van der Waals surface area contributed by atoms with Crippen molar-refractivity contribution in [3.05, 3.63) is 58.1 Å². The van der Waals surface area contributed by atoms with Crippen LogP contribution in [0.1, 0.15) is 17.3 Å². The summed E-state index contributed by atoms with van der Waals surface area (Å²) in [6, 6.07) is 12.9. The van der Waals surface area contributed by atoms with E-state index >= 15 is 0 Å². The van der Waals surface area contributed by atoms with Crippen LogP contribution in [0.15, 0.2) is 42.5 Å². The van der Waals surface area contributed by atoms with Crippen molar-refractivity contribution < 1.29 is 14.6 Å². The Labute approximate surface area is 219 Å². The molecule has 0 saturated carbocycles. The first-order chi connectivity index (χ1) is 17.2. The zero-order valence-electron chi connectivity index (χ0n) is 20.0. The minimum atomic E-state index is -0.815. The second-order valence-corrected chi connectivity index (χ2v) is 9.47. The monoisotopic (exact) mass is 530 g/mol. The molecule has 11 heteroatoms. The van der Waals surface area contributed by atoms with Crippen molar-refractivity contribution in [3.63, 3.8) is 0 Å². The van der Waals surface area contributed by atoms with Gasteiger partial charge in [0.05, 0.1) is 21.8 Å². The predicted molar refractivity (Wildman–Crippen MR) is 143 cm³/mol. The minimum Gasteiger partial charge on any atom is -0.474 e. The lowest BCUT2D eigenvalue weighted by molar-refractivity contribution is 0.0979. The van der Waals surface area contributed by atoms with Crippen molar-refractivity contribution in [2.24, 2.45) is 5.73 Å². The maximum Gasteiger partial charge on any atom is 0.256 e. The van der Waals surface area contributed by atoms with Crippen molar-refractivity contribution in [3.8, 4) is 17.1 Å². The highest BCUT2D eigenvalue weighted by molar-refractivity contribution is 6.39. The molecule has 4 N–H and O–H groups in total. The van der Waals surface area contributed by atoms with Crippen LogP contribution in [0.3, 0.4) is 0 Å². The number of carbonyl (C=O) groups excluding carboxylic acids is 1. The molecule has 36 heavy (non-hydrogen) atoms. The Balaban J connectivity index is 1.71. The third-order valence-corrected chi connectivity index (χ3v) is 6.40. The number of hydrogen-bond acceptors (Lipinski definition) is 8. The number of ether oxygens (including phenoxy) is 1. The fourth-order valence-corrected chi connectivity index (χ4v) is 4.45. The van der Waals surface area contributed by atoms with Gasteiger partial charge in [0.1, 0.15) is 12.2 Å². The Bertz CT molecular complexity index is 1210. The number of nitrogens with zero attached hydrogens (tertiary/aromatic N) is 4. The number of amides is 1. The Morgan fingerprint density at radius 1 is 1.11 bits per heavy atom. The molecule has 4 rings (SSSR count). The standard InChI is InChI=1S/C25H28Cl2N6O3/c1-15(34)14-36-24-21(23(28)35)22(20-18(26)4-3-5-19(20)27)30-25(31-24)29-16-6-8-17(9-7-16)33-12-10-32(2)11-13-33/h3-9,15,34H,10-14H2,1-2H3,(H2,28,35)(H,29,30,31). The number of aliphatic hydroxyl groups is 1. The van der Waals surface area contributed by atoms with Gasteiger partial charge in [-0.1, -0.05) is 29.3 Å². The first-order valence-corrected chi connectivity index (χ1v) is 12.3. The van der Waals surface area contributed by atoms with E-state index in [0.717, 1.165) is 37.6 Å². The van der Waals surface area contributed by atoms with E-state index in [-0.39, 0.29) is 39.7 Å². The minimum absolute atomic E-state index is 0.0818. The molecule has 2 aromatic carbocycles. The van der Waals surface area contributed by atoms with Gasteiger partial charge in [0, 0.05) is 43.1 Å². The summed E-state index contributed by atoms with van der Waals surface area (Å²) in [6.07, 6.45) is -0.799. The molecule has 1 aliphatic heterocycles. The highest BCUT2D eigenvalue weighted by Crippen LogP contribution is 2.38. The molecule has 0 spiro atoms. The number of primary amides is 1. The van der Waals surface area contributed by atoms with Gasteiger partial charge in [-0.3, -0.25) is 4.79 Å². The summed E-state index contributed by atoms with van der Waals surface area (Å²) in [4.78, 5) is 26.0. The van der Waals surface area contributed by atoms with Crippen LogP contribution in [0.5, 0.6) is 5.88 Å². The molecule has 0 bridgehead atoms. The van der Waals surface area contributed by atoms with Gasteiger partial charge >= 0.3 is 0 Å². The van der Waals surface area contributed by atoms with E-state index in [1.54, 1.807) is 25.1 Å². The van der Waals surface area contributed by atoms with Gasteiger partial charge in [-0.25, -0.2) is 4.98 Å². The van der Waals surface area contributed by atoms with Crippen LogP contribution in [-0.2, 0) is 0 Å². The number of aromatic nitrogens is 2. The number of likely N-dealkylation sites (N-methyl/N-ethyl adjacent to an activating group) is 1. The summed E-state index contributed by atoms with van der Waals surface area (Å²) < 4.78 is 5.65. The lowest BCUT2D eigenvalue weighted by Gasteiger charge is -2.34. The lowest BCUT2D eigenvalue weighted by atomic mass is 10.1. The Kier molecular flexibility index (Phi) is 8.15. The van der Waals surface area contributed by atoms with Gasteiger partial charge in [-0.15, -0.1) is 0 Å².